The van der Waals surface area contributed by atoms with Crippen LogP contribution in [0.2, 0.25) is 0 Å². The maximum atomic E-state index is 13.5. The van der Waals surface area contributed by atoms with Crippen molar-refractivity contribution in [1.82, 2.24) is 35.1 Å². The van der Waals surface area contributed by atoms with Gasteiger partial charge in [0.15, 0.2) is 0 Å². The Labute approximate surface area is 292 Å². The summed E-state index contributed by atoms with van der Waals surface area (Å²) in [4.78, 5) is 58.1. The number of nitrogens with two attached hydrogens (primary N) is 1. The molecule has 2 aliphatic heterocycles. The molecule has 2 aromatic carbocycles. The first-order valence-corrected chi connectivity index (χ1v) is 17.4. The van der Waals surface area contributed by atoms with Gasteiger partial charge in [0.25, 0.3) is 0 Å². The van der Waals surface area contributed by atoms with Crippen LogP contribution < -0.4 is 11.1 Å². The molecule has 0 saturated carbocycles. The number of amides is 3. The van der Waals surface area contributed by atoms with Crippen molar-refractivity contribution in [1.29, 1.82) is 0 Å². The summed E-state index contributed by atoms with van der Waals surface area (Å²) in [5.74, 6) is 7.71. The van der Waals surface area contributed by atoms with E-state index in [0.29, 0.717) is 18.8 Å². The van der Waals surface area contributed by atoms with Crippen molar-refractivity contribution < 1.29 is 19.1 Å². The van der Waals surface area contributed by atoms with E-state index in [9.17, 15) is 14.4 Å². The standard InChI is InChI=1S/C38H46N8O4/c1-22(2)32(39)36(47)45-16-6-8-30(45)34-40-20-28(42-34)15-11-24-10-12-26-19-27(14-13-25(26)18-24)29-21-41-35(43-29)31-9-7-17-46(31)37(48)33(23(3)4)44-38(49)50-5/h10,12-14,18-23,30-33H,6-9,16-17,39H2,1-5H3,(H,40,42)(H,41,43)(H,44,49)/t30-,31-,32-,33-/m0/s1. The van der Waals surface area contributed by atoms with Crippen LogP contribution >= 0.6 is 0 Å². The number of ether oxygens (including phenoxy) is 1. The van der Waals surface area contributed by atoms with Gasteiger partial charge in [0.2, 0.25) is 11.8 Å². The average molecular weight is 679 g/mol. The van der Waals surface area contributed by atoms with E-state index in [1.807, 2.05) is 61.9 Å². The van der Waals surface area contributed by atoms with E-state index in [1.165, 1.54) is 7.11 Å². The monoisotopic (exact) mass is 678 g/mol. The molecule has 0 unspecified atom stereocenters. The van der Waals surface area contributed by atoms with Crippen LogP contribution in [0.4, 0.5) is 4.79 Å². The van der Waals surface area contributed by atoms with Gasteiger partial charge in [-0.25, -0.2) is 14.8 Å². The second-order valence-electron chi connectivity index (χ2n) is 13.9. The normalized spacial score (nSPS) is 18.7. The number of H-pyrrole nitrogens is 2. The summed E-state index contributed by atoms with van der Waals surface area (Å²) < 4.78 is 4.75. The first kappa shape index (κ1) is 34.7. The van der Waals surface area contributed by atoms with Crippen molar-refractivity contribution in [3.05, 3.63) is 71.7 Å². The average Bonchev–Trinajstić information content (AvgIpc) is 3.94. The molecule has 5 N–H and O–H groups in total. The number of methoxy groups -OCH3 is 1. The van der Waals surface area contributed by atoms with Gasteiger partial charge in [0.1, 0.15) is 23.4 Å². The number of fused-ring (bicyclic) bond motifs is 1. The van der Waals surface area contributed by atoms with E-state index in [4.69, 9.17) is 15.5 Å². The van der Waals surface area contributed by atoms with Gasteiger partial charge in [-0.1, -0.05) is 51.8 Å². The SMILES string of the molecule is COC(=O)N[C@H](C(=O)N1CCC[C@H]1c1nc(-c2ccc3cc(C#Cc4cnc([C@@H]5CCCN5C(=O)[C@@H](N)C(C)C)[nH]4)ccc3c2)c[nH]1)C(C)C. The summed E-state index contributed by atoms with van der Waals surface area (Å²) in [7, 11) is 1.29. The molecule has 262 valence electrons. The van der Waals surface area contributed by atoms with Gasteiger partial charge in [0, 0.05) is 30.4 Å². The number of aromatic nitrogens is 4. The molecule has 2 fully saturated rings. The van der Waals surface area contributed by atoms with E-state index >= 15 is 0 Å². The molecule has 0 aliphatic carbocycles. The summed E-state index contributed by atoms with van der Waals surface area (Å²) in [5, 5.41) is 4.80. The van der Waals surface area contributed by atoms with Crippen LogP contribution in [-0.4, -0.2) is 79.9 Å². The highest BCUT2D eigenvalue weighted by atomic mass is 16.5. The van der Waals surface area contributed by atoms with Gasteiger partial charge in [-0.3, -0.25) is 9.59 Å². The molecule has 0 bridgehead atoms. The fraction of sp³-hybridized carbons (Fsp3) is 0.447. The minimum absolute atomic E-state index is 0.0304. The van der Waals surface area contributed by atoms with Crippen molar-refractivity contribution in [3.8, 4) is 23.1 Å². The molecule has 2 saturated heterocycles. The number of carbonyl (C=O) groups excluding carboxylic acids is 3. The lowest BCUT2D eigenvalue weighted by molar-refractivity contribution is -0.136. The summed E-state index contributed by atoms with van der Waals surface area (Å²) >= 11 is 0. The van der Waals surface area contributed by atoms with Crippen LogP contribution in [0.15, 0.2) is 48.8 Å². The molecule has 12 heteroatoms. The zero-order valence-corrected chi connectivity index (χ0v) is 29.3. The molecular formula is C38H46N8O4. The summed E-state index contributed by atoms with van der Waals surface area (Å²) in [6.07, 6.45) is 6.38. The quantitative estimate of drug-likeness (QED) is 0.190. The molecule has 50 heavy (non-hydrogen) atoms. The summed E-state index contributed by atoms with van der Waals surface area (Å²) in [6, 6.07) is 10.8. The van der Waals surface area contributed by atoms with E-state index in [-0.39, 0.29) is 35.7 Å². The number of carbonyl (C=O) groups is 3. The Morgan fingerprint density at radius 2 is 1.60 bits per heavy atom. The maximum absolute atomic E-state index is 13.5. The van der Waals surface area contributed by atoms with Gasteiger partial charge in [0.05, 0.1) is 37.1 Å². The summed E-state index contributed by atoms with van der Waals surface area (Å²) in [5.41, 5.74) is 9.49. The molecule has 0 spiro atoms. The first-order valence-electron chi connectivity index (χ1n) is 17.4. The fourth-order valence-electron chi connectivity index (χ4n) is 6.83. The van der Waals surface area contributed by atoms with Crippen LogP contribution in [-0.2, 0) is 14.3 Å². The third-order valence-corrected chi connectivity index (χ3v) is 9.77. The van der Waals surface area contributed by atoms with Gasteiger partial charge in [-0.15, -0.1) is 0 Å². The number of benzene rings is 2. The molecule has 6 rings (SSSR count). The van der Waals surface area contributed by atoms with Crippen molar-refractivity contribution in [2.75, 3.05) is 20.2 Å². The number of nitrogens with zero attached hydrogens (tertiary/aromatic N) is 4. The van der Waals surface area contributed by atoms with Crippen molar-refractivity contribution in [2.24, 2.45) is 17.6 Å². The van der Waals surface area contributed by atoms with Crippen molar-refractivity contribution in [3.63, 3.8) is 0 Å². The predicted octanol–water partition coefficient (Wildman–Crippen LogP) is 5.04. The molecule has 12 nitrogen and oxygen atoms in total. The van der Waals surface area contributed by atoms with Crippen LogP contribution in [0.1, 0.15) is 88.4 Å². The van der Waals surface area contributed by atoms with E-state index in [2.05, 4.69) is 50.3 Å². The molecule has 4 heterocycles. The third kappa shape index (κ3) is 7.23. The van der Waals surface area contributed by atoms with Crippen LogP contribution in [0, 0.1) is 23.7 Å². The van der Waals surface area contributed by atoms with E-state index < -0.39 is 18.2 Å². The molecule has 4 atom stereocenters. The molecule has 2 aromatic heterocycles. The Balaban J connectivity index is 1.14. The molecular weight excluding hydrogens is 632 g/mol. The minimum Gasteiger partial charge on any atom is -0.453 e. The minimum atomic E-state index is -0.682. The molecule has 3 amide bonds. The van der Waals surface area contributed by atoms with Gasteiger partial charge >= 0.3 is 6.09 Å². The van der Waals surface area contributed by atoms with Crippen LogP contribution in [0.5, 0.6) is 0 Å². The second-order valence-corrected chi connectivity index (χ2v) is 13.9. The number of alkyl carbamates (subject to hydrolysis) is 1. The van der Waals surface area contributed by atoms with Gasteiger partial charge in [-0.05, 0) is 72.4 Å². The Bertz CT molecular complexity index is 1930. The highest BCUT2D eigenvalue weighted by molar-refractivity contribution is 5.88. The Hall–Kier alpha value is -5.15. The molecule has 2 aliphatic rings. The zero-order valence-electron chi connectivity index (χ0n) is 29.3. The second kappa shape index (κ2) is 14.8. The Kier molecular flexibility index (Phi) is 10.2. The Morgan fingerprint density at radius 3 is 2.30 bits per heavy atom. The first-order chi connectivity index (χ1) is 24.0. The number of hydrogen-bond acceptors (Lipinski definition) is 7. The zero-order chi connectivity index (χ0) is 35.5. The van der Waals surface area contributed by atoms with E-state index in [0.717, 1.165) is 64.9 Å². The number of imidazole rings is 2. The smallest absolute Gasteiger partial charge is 0.407 e. The number of hydrogen-bond donors (Lipinski definition) is 4. The number of aromatic amines is 2. The highest BCUT2D eigenvalue weighted by Crippen LogP contribution is 2.34. The lowest BCUT2D eigenvalue weighted by Gasteiger charge is -2.29. The van der Waals surface area contributed by atoms with E-state index in [1.54, 1.807) is 6.20 Å². The lowest BCUT2D eigenvalue weighted by Crippen LogP contribution is -2.51. The Morgan fingerprint density at radius 1 is 0.920 bits per heavy atom. The van der Waals surface area contributed by atoms with Crippen LogP contribution in [0.3, 0.4) is 0 Å². The number of nitrogens with one attached hydrogen (secondary N) is 3. The fourth-order valence-corrected chi connectivity index (χ4v) is 6.83. The molecule has 4 aromatic rings. The number of rotatable bonds is 8. The maximum Gasteiger partial charge on any atom is 0.407 e. The predicted molar refractivity (Wildman–Crippen MR) is 190 cm³/mol. The van der Waals surface area contributed by atoms with Crippen LogP contribution in [0.25, 0.3) is 22.0 Å². The summed E-state index contributed by atoms with van der Waals surface area (Å²) in [6.45, 7) is 9.01. The number of likely N-dealkylation sites (tertiary alicyclic amines) is 2. The topological polar surface area (TPSA) is 162 Å². The largest absolute Gasteiger partial charge is 0.453 e. The lowest BCUT2D eigenvalue weighted by atomic mass is 10.0. The van der Waals surface area contributed by atoms with Crippen molar-refractivity contribution >= 4 is 28.7 Å². The van der Waals surface area contributed by atoms with Gasteiger partial charge < -0.3 is 35.6 Å². The highest BCUT2D eigenvalue weighted by Gasteiger charge is 2.38. The van der Waals surface area contributed by atoms with Crippen molar-refractivity contribution in [2.45, 2.75) is 77.5 Å². The third-order valence-electron chi connectivity index (χ3n) is 9.77. The van der Waals surface area contributed by atoms with Gasteiger partial charge in [-0.2, -0.15) is 0 Å². The molecule has 0 radical (unpaired) electrons.